The van der Waals surface area contributed by atoms with Crippen LogP contribution in [0, 0.1) is 0 Å². The van der Waals surface area contributed by atoms with E-state index in [9.17, 15) is 0 Å². The van der Waals surface area contributed by atoms with E-state index in [2.05, 4.69) is 27.2 Å². The molecule has 0 bridgehead atoms. The van der Waals surface area contributed by atoms with E-state index in [1.54, 1.807) is 23.9 Å². The summed E-state index contributed by atoms with van der Waals surface area (Å²) in [6.07, 6.45) is 7.16. The maximum atomic E-state index is 4.31. The number of thiophene rings is 1. The van der Waals surface area contributed by atoms with Gasteiger partial charge < -0.3 is 9.88 Å². The van der Waals surface area contributed by atoms with Crippen LogP contribution in [0.15, 0.2) is 36.5 Å². The van der Waals surface area contributed by atoms with Gasteiger partial charge in [-0.15, -0.1) is 11.3 Å². The second kappa shape index (κ2) is 4.73. The molecule has 3 aromatic heterocycles. The lowest BCUT2D eigenvalue weighted by atomic mass is 10.3. The molecule has 1 unspecified atom stereocenters. The minimum absolute atomic E-state index is 0.277. The van der Waals surface area contributed by atoms with Crippen LogP contribution < -0.4 is 5.32 Å². The molecule has 0 spiro atoms. The van der Waals surface area contributed by atoms with E-state index in [0.717, 1.165) is 22.6 Å². The van der Waals surface area contributed by atoms with E-state index < -0.39 is 0 Å². The largest absolute Gasteiger partial charge is 0.365 e. The van der Waals surface area contributed by atoms with E-state index in [4.69, 9.17) is 0 Å². The first-order chi connectivity index (χ1) is 8.83. The van der Waals surface area contributed by atoms with Crippen molar-refractivity contribution in [3.8, 4) is 0 Å². The molecule has 1 N–H and O–H groups in total. The van der Waals surface area contributed by atoms with Gasteiger partial charge in [0.2, 0.25) is 0 Å². The Hall–Kier alpha value is -1.95. The number of aromatic nitrogens is 4. The van der Waals surface area contributed by atoms with Crippen molar-refractivity contribution >= 4 is 27.4 Å². The number of imidazole rings is 1. The Morgan fingerprint density at radius 2 is 2.39 bits per heavy atom. The fourth-order valence-electron chi connectivity index (χ4n) is 1.88. The van der Waals surface area contributed by atoms with Gasteiger partial charge in [-0.2, -0.15) is 0 Å². The smallest absolute Gasteiger partial charge is 0.147 e. The number of rotatable bonds is 4. The van der Waals surface area contributed by atoms with Gasteiger partial charge >= 0.3 is 0 Å². The summed E-state index contributed by atoms with van der Waals surface area (Å²) < 4.78 is 3.15. The molecular formula is C12H13N5S. The zero-order chi connectivity index (χ0) is 12.4. The Morgan fingerprint density at radius 3 is 3.22 bits per heavy atom. The summed E-state index contributed by atoms with van der Waals surface area (Å²) in [4.78, 5) is 12.6. The Labute approximate surface area is 109 Å². The third kappa shape index (κ3) is 2.19. The molecule has 0 saturated heterocycles. The molecule has 0 fully saturated rings. The summed E-state index contributed by atoms with van der Waals surface area (Å²) in [5, 5.41) is 5.45. The number of fused-ring (bicyclic) bond motifs is 1. The second-order valence-corrected chi connectivity index (χ2v) is 5.08. The molecule has 0 amide bonds. The Morgan fingerprint density at radius 1 is 1.44 bits per heavy atom. The van der Waals surface area contributed by atoms with Gasteiger partial charge in [0.15, 0.2) is 0 Å². The molecule has 0 aliphatic heterocycles. The van der Waals surface area contributed by atoms with Gasteiger partial charge in [0.25, 0.3) is 0 Å². The average Bonchev–Trinajstić information content (AvgIpc) is 2.99. The van der Waals surface area contributed by atoms with Crippen molar-refractivity contribution in [2.75, 3.05) is 5.32 Å². The highest BCUT2D eigenvalue weighted by atomic mass is 32.1. The van der Waals surface area contributed by atoms with Gasteiger partial charge in [-0.3, -0.25) is 0 Å². The minimum Gasteiger partial charge on any atom is -0.365 e. The van der Waals surface area contributed by atoms with Crippen LogP contribution in [-0.4, -0.2) is 25.6 Å². The normalized spacial score (nSPS) is 12.7. The summed E-state index contributed by atoms with van der Waals surface area (Å²) in [6, 6.07) is 2.28. The van der Waals surface area contributed by atoms with Gasteiger partial charge in [0.1, 0.15) is 12.1 Å². The summed E-state index contributed by atoms with van der Waals surface area (Å²) in [7, 11) is 0. The first kappa shape index (κ1) is 11.2. The number of hydrogen-bond donors (Lipinski definition) is 1. The lowest BCUT2D eigenvalue weighted by Crippen LogP contribution is -2.21. The zero-order valence-corrected chi connectivity index (χ0v) is 10.8. The van der Waals surface area contributed by atoms with E-state index >= 15 is 0 Å². The summed E-state index contributed by atoms with van der Waals surface area (Å²) >= 11 is 1.66. The van der Waals surface area contributed by atoms with Crippen LogP contribution >= 0.6 is 11.3 Å². The molecule has 18 heavy (non-hydrogen) atoms. The molecule has 1 atom stereocenters. The first-order valence-electron chi connectivity index (χ1n) is 5.73. The molecular weight excluding hydrogens is 246 g/mol. The molecule has 0 saturated carbocycles. The first-order valence-corrected chi connectivity index (χ1v) is 6.61. The highest BCUT2D eigenvalue weighted by Crippen LogP contribution is 2.25. The van der Waals surface area contributed by atoms with Gasteiger partial charge in [0.05, 0.1) is 16.5 Å². The van der Waals surface area contributed by atoms with Crippen molar-refractivity contribution in [3.05, 3.63) is 36.5 Å². The molecule has 0 aromatic carbocycles. The molecule has 0 radical (unpaired) electrons. The monoisotopic (exact) mass is 259 g/mol. The van der Waals surface area contributed by atoms with Crippen molar-refractivity contribution in [2.45, 2.75) is 19.5 Å². The summed E-state index contributed by atoms with van der Waals surface area (Å²) in [6.45, 7) is 2.98. The van der Waals surface area contributed by atoms with Crippen LogP contribution in [-0.2, 0) is 6.54 Å². The quantitative estimate of drug-likeness (QED) is 0.781. The van der Waals surface area contributed by atoms with E-state index in [1.165, 1.54) is 0 Å². The molecule has 0 aliphatic carbocycles. The average molecular weight is 259 g/mol. The van der Waals surface area contributed by atoms with Gasteiger partial charge in [-0.05, 0) is 18.4 Å². The van der Waals surface area contributed by atoms with Crippen LogP contribution in [0.1, 0.15) is 6.92 Å². The van der Waals surface area contributed by atoms with Crippen LogP contribution in [0.5, 0.6) is 0 Å². The SMILES string of the molecule is CC(Cn1ccnc1)Nc1ncnc2ccsc12. The van der Waals surface area contributed by atoms with Crippen molar-refractivity contribution in [1.29, 1.82) is 0 Å². The fraction of sp³-hybridized carbons (Fsp3) is 0.250. The molecule has 0 aliphatic rings. The molecule has 6 heteroatoms. The Balaban J connectivity index is 1.77. The van der Waals surface area contributed by atoms with Crippen molar-refractivity contribution in [1.82, 2.24) is 19.5 Å². The van der Waals surface area contributed by atoms with Crippen LogP contribution in [0.3, 0.4) is 0 Å². The Bertz CT molecular complexity index is 631. The predicted octanol–water partition coefficient (Wildman–Crippen LogP) is 2.39. The standard InChI is InChI=1S/C12H13N5S/c1-9(6-17-4-3-13-8-17)16-12-11-10(2-5-18-11)14-7-15-12/h2-5,7-9H,6H2,1H3,(H,14,15,16). The lowest BCUT2D eigenvalue weighted by molar-refractivity contribution is 0.617. The highest BCUT2D eigenvalue weighted by molar-refractivity contribution is 7.17. The maximum absolute atomic E-state index is 4.31. The second-order valence-electron chi connectivity index (χ2n) is 4.16. The molecule has 3 rings (SSSR count). The number of anilines is 1. The third-order valence-electron chi connectivity index (χ3n) is 2.67. The van der Waals surface area contributed by atoms with Gasteiger partial charge in [0, 0.05) is 25.0 Å². The Kier molecular flexibility index (Phi) is 2.93. The topological polar surface area (TPSA) is 55.6 Å². The van der Waals surface area contributed by atoms with Gasteiger partial charge in [-0.25, -0.2) is 15.0 Å². The predicted molar refractivity (Wildman–Crippen MR) is 72.7 cm³/mol. The number of hydrogen-bond acceptors (Lipinski definition) is 5. The lowest BCUT2D eigenvalue weighted by Gasteiger charge is -2.15. The van der Waals surface area contributed by atoms with Gasteiger partial charge in [-0.1, -0.05) is 0 Å². The highest BCUT2D eigenvalue weighted by Gasteiger charge is 2.08. The fourth-order valence-corrected chi connectivity index (χ4v) is 2.68. The zero-order valence-electron chi connectivity index (χ0n) is 9.95. The van der Waals surface area contributed by atoms with E-state index in [1.807, 2.05) is 28.5 Å². The molecule has 3 aromatic rings. The van der Waals surface area contributed by atoms with Crippen molar-refractivity contribution < 1.29 is 0 Å². The molecule has 5 nitrogen and oxygen atoms in total. The van der Waals surface area contributed by atoms with E-state index in [0.29, 0.717) is 0 Å². The summed E-state index contributed by atoms with van der Waals surface area (Å²) in [5.41, 5.74) is 0.993. The van der Waals surface area contributed by atoms with Crippen molar-refractivity contribution in [2.24, 2.45) is 0 Å². The molecule has 3 heterocycles. The van der Waals surface area contributed by atoms with Crippen LogP contribution in [0.4, 0.5) is 5.82 Å². The van der Waals surface area contributed by atoms with E-state index in [-0.39, 0.29) is 6.04 Å². The van der Waals surface area contributed by atoms with Crippen molar-refractivity contribution in [3.63, 3.8) is 0 Å². The van der Waals surface area contributed by atoms with Crippen LogP contribution in [0.2, 0.25) is 0 Å². The number of nitrogens with zero attached hydrogens (tertiary/aromatic N) is 4. The van der Waals surface area contributed by atoms with Crippen LogP contribution in [0.25, 0.3) is 10.2 Å². The minimum atomic E-state index is 0.277. The molecule has 92 valence electrons. The third-order valence-corrected chi connectivity index (χ3v) is 3.58. The summed E-state index contributed by atoms with van der Waals surface area (Å²) in [5.74, 6) is 0.905. The maximum Gasteiger partial charge on any atom is 0.147 e. The number of nitrogens with one attached hydrogen (secondary N) is 1.